The minimum absolute atomic E-state index is 0.511. The third-order valence-electron chi connectivity index (χ3n) is 4.13. The molecule has 2 unspecified atom stereocenters. The Morgan fingerprint density at radius 2 is 2.16 bits per heavy atom. The van der Waals surface area contributed by atoms with Crippen molar-refractivity contribution in [3.63, 3.8) is 0 Å². The second-order valence-corrected chi connectivity index (χ2v) is 6.37. The van der Waals surface area contributed by atoms with E-state index in [9.17, 15) is 0 Å². The first kappa shape index (κ1) is 14.6. The monoisotopic (exact) mass is 264 g/mol. The lowest BCUT2D eigenvalue weighted by atomic mass is 9.95. The van der Waals surface area contributed by atoms with Gasteiger partial charge in [0.25, 0.3) is 0 Å². The lowest BCUT2D eigenvalue weighted by Gasteiger charge is -2.36. The highest BCUT2D eigenvalue weighted by atomic mass is 16.3. The molecule has 0 radical (unpaired) electrons. The zero-order valence-corrected chi connectivity index (χ0v) is 12.8. The molecule has 0 aromatic carbocycles. The Balaban J connectivity index is 1.96. The molecule has 0 amide bonds. The number of nitrogens with one attached hydrogen (secondary N) is 1. The fourth-order valence-electron chi connectivity index (χ4n) is 2.76. The first-order valence-corrected chi connectivity index (χ1v) is 7.59. The van der Waals surface area contributed by atoms with Crippen LogP contribution < -0.4 is 5.32 Å². The van der Waals surface area contributed by atoms with Crippen LogP contribution in [-0.4, -0.2) is 23.5 Å². The molecular weight excluding hydrogens is 236 g/mol. The quantitative estimate of drug-likeness (QED) is 0.883. The van der Waals surface area contributed by atoms with E-state index in [1.54, 1.807) is 0 Å². The first-order chi connectivity index (χ1) is 9.06. The molecule has 1 aromatic heterocycles. The van der Waals surface area contributed by atoms with E-state index < -0.39 is 0 Å². The van der Waals surface area contributed by atoms with E-state index in [-0.39, 0.29) is 0 Å². The van der Waals surface area contributed by atoms with Crippen LogP contribution in [0.5, 0.6) is 0 Å². The summed E-state index contributed by atoms with van der Waals surface area (Å²) in [5.74, 6) is 1.94. The van der Waals surface area contributed by atoms with E-state index in [4.69, 9.17) is 4.42 Å². The van der Waals surface area contributed by atoms with Gasteiger partial charge in [-0.15, -0.1) is 0 Å². The minimum Gasteiger partial charge on any atom is -0.468 e. The van der Waals surface area contributed by atoms with Crippen molar-refractivity contribution in [3.8, 4) is 0 Å². The predicted octanol–water partition coefficient (Wildman–Crippen LogP) is 3.40. The van der Waals surface area contributed by atoms with Crippen LogP contribution in [0.3, 0.4) is 0 Å². The highest BCUT2D eigenvalue weighted by molar-refractivity contribution is 5.17. The number of piperidine rings is 1. The Bertz CT molecular complexity index is 386. The van der Waals surface area contributed by atoms with Gasteiger partial charge in [0.15, 0.2) is 0 Å². The van der Waals surface area contributed by atoms with E-state index >= 15 is 0 Å². The van der Waals surface area contributed by atoms with Crippen molar-refractivity contribution in [1.82, 2.24) is 10.2 Å². The molecule has 1 saturated heterocycles. The van der Waals surface area contributed by atoms with Crippen molar-refractivity contribution < 1.29 is 4.42 Å². The topological polar surface area (TPSA) is 28.4 Å². The molecule has 0 bridgehead atoms. The van der Waals surface area contributed by atoms with Crippen LogP contribution >= 0.6 is 0 Å². The zero-order chi connectivity index (χ0) is 13.8. The van der Waals surface area contributed by atoms with Crippen LogP contribution in [-0.2, 0) is 13.1 Å². The van der Waals surface area contributed by atoms with Crippen molar-refractivity contribution in [2.24, 2.45) is 5.92 Å². The summed E-state index contributed by atoms with van der Waals surface area (Å²) < 4.78 is 5.70. The molecule has 108 valence electrons. The van der Waals surface area contributed by atoms with Gasteiger partial charge >= 0.3 is 0 Å². The molecule has 2 rings (SSSR count). The van der Waals surface area contributed by atoms with Crippen LogP contribution in [0.15, 0.2) is 16.7 Å². The van der Waals surface area contributed by atoms with Gasteiger partial charge in [0.2, 0.25) is 0 Å². The lowest BCUT2D eigenvalue weighted by molar-refractivity contribution is 0.108. The van der Waals surface area contributed by atoms with Crippen molar-refractivity contribution in [2.75, 3.05) is 6.54 Å². The normalized spacial score (nSPS) is 25.1. The molecule has 1 fully saturated rings. The fourth-order valence-corrected chi connectivity index (χ4v) is 2.76. The summed E-state index contributed by atoms with van der Waals surface area (Å²) in [6, 6.07) is 3.28. The maximum absolute atomic E-state index is 5.70. The van der Waals surface area contributed by atoms with Crippen molar-refractivity contribution in [3.05, 3.63) is 23.7 Å². The standard InChI is InChI=1S/C16H28N2O/c1-12(2)17-9-15-7-8-19-16(15)11-18-10-13(3)5-6-14(18)4/h7-8,12-14,17H,5-6,9-11H2,1-4H3. The smallest absolute Gasteiger partial charge is 0.122 e. The first-order valence-electron chi connectivity index (χ1n) is 7.59. The number of hydrogen-bond acceptors (Lipinski definition) is 3. The third kappa shape index (κ3) is 4.08. The third-order valence-corrected chi connectivity index (χ3v) is 4.13. The van der Waals surface area contributed by atoms with Crippen LogP contribution in [0.1, 0.15) is 51.9 Å². The van der Waals surface area contributed by atoms with E-state index in [0.29, 0.717) is 12.1 Å². The average molecular weight is 264 g/mol. The minimum atomic E-state index is 0.511. The molecule has 3 heteroatoms. The fraction of sp³-hybridized carbons (Fsp3) is 0.750. The zero-order valence-electron chi connectivity index (χ0n) is 12.8. The molecule has 0 saturated carbocycles. The highest BCUT2D eigenvalue weighted by Gasteiger charge is 2.24. The molecule has 1 aliphatic rings. The van der Waals surface area contributed by atoms with Crippen LogP contribution in [0.25, 0.3) is 0 Å². The number of rotatable bonds is 5. The second-order valence-electron chi connectivity index (χ2n) is 6.37. The van der Waals surface area contributed by atoms with Crippen molar-refractivity contribution >= 4 is 0 Å². The number of nitrogens with zero attached hydrogens (tertiary/aromatic N) is 1. The van der Waals surface area contributed by atoms with Gasteiger partial charge in [0.05, 0.1) is 12.8 Å². The van der Waals surface area contributed by atoms with E-state index in [1.807, 2.05) is 6.26 Å². The van der Waals surface area contributed by atoms with Crippen LogP contribution in [0, 0.1) is 5.92 Å². The Morgan fingerprint density at radius 3 is 2.89 bits per heavy atom. The van der Waals surface area contributed by atoms with Gasteiger partial charge < -0.3 is 9.73 Å². The molecule has 0 aliphatic carbocycles. The largest absolute Gasteiger partial charge is 0.468 e. The molecule has 1 aromatic rings. The summed E-state index contributed by atoms with van der Waals surface area (Å²) in [4.78, 5) is 2.56. The summed E-state index contributed by atoms with van der Waals surface area (Å²) in [7, 11) is 0. The molecule has 19 heavy (non-hydrogen) atoms. The summed E-state index contributed by atoms with van der Waals surface area (Å²) in [6.07, 6.45) is 4.49. The molecular formula is C16H28N2O. The highest BCUT2D eigenvalue weighted by Crippen LogP contribution is 2.24. The molecule has 3 nitrogen and oxygen atoms in total. The van der Waals surface area contributed by atoms with Gasteiger partial charge in [-0.3, -0.25) is 4.90 Å². The maximum atomic E-state index is 5.70. The molecule has 2 heterocycles. The Labute approximate surface area is 117 Å². The molecule has 2 atom stereocenters. The Morgan fingerprint density at radius 1 is 1.37 bits per heavy atom. The number of likely N-dealkylation sites (tertiary alicyclic amines) is 1. The summed E-state index contributed by atoms with van der Waals surface area (Å²) in [6.45, 7) is 12.1. The second kappa shape index (κ2) is 6.58. The van der Waals surface area contributed by atoms with E-state index in [2.05, 4.69) is 44.0 Å². The maximum Gasteiger partial charge on any atom is 0.122 e. The van der Waals surface area contributed by atoms with Gasteiger partial charge in [-0.1, -0.05) is 20.8 Å². The van der Waals surface area contributed by atoms with Crippen molar-refractivity contribution in [1.29, 1.82) is 0 Å². The Kier molecular flexibility index (Phi) is 5.06. The SMILES string of the molecule is CC1CCC(C)N(Cc2occc2CNC(C)C)C1. The van der Waals surface area contributed by atoms with Gasteiger partial charge in [0.1, 0.15) is 5.76 Å². The predicted molar refractivity (Wildman–Crippen MR) is 79.0 cm³/mol. The van der Waals surface area contributed by atoms with Crippen LogP contribution in [0.2, 0.25) is 0 Å². The molecule has 1 aliphatic heterocycles. The summed E-state index contributed by atoms with van der Waals surface area (Å²) >= 11 is 0. The van der Waals surface area contributed by atoms with E-state index in [0.717, 1.165) is 24.8 Å². The summed E-state index contributed by atoms with van der Waals surface area (Å²) in [5.41, 5.74) is 1.30. The lowest BCUT2D eigenvalue weighted by Crippen LogP contribution is -2.40. The number of furan rings is 1. The van der Waals surface area contributed by atoms with Gasteiger partial charge in [0, 0.05) is 30.7 Å². The van der Waals surface area contributed by atoms with Crippen LogP contribution in [0.4, 0.5) is 0 Å². The average Bonchev–Trinajstić information content (AvgIpc) is 2.79. The number of hydrogen-bond donors (Lipinski definition) is 1. The molecule has 1 N–H and O–H groups in total. The van der Waals surface area contributed by atoms with Crippen molar-refractivity contribution in [2.45, 2.75) is 65.7 Å². The Hall–Kier alpha value is -0.800. The van der Waals surface area contributed by atoms with E-state index in [1.165, 1.54) is 24.9 Å². The summed E-state index contributed by atoms with van der Waals surface area (Å²) in [5, 5.41) is 3.47. The van der Waals surface area contributed by atoms with Gasteiger partial charge in [-0.2, -0.15) is 0 Å². The van der Waals surface area contributed by atoms with Gasteiger partial charge in [-0.25, -0.2) is 0 Å². The van der Waals surface area contributed by atoms with Gasteiger partial charge in [-0.05, 0) is 31.7 Å². The molecule has 0 spiro atoms.